The van der Waals surface area contributed by atoms with Crippen LogP contribution in [0.25, 0.3) is 10.9 Å². The number of hydrogen-bond donors (Lipinski definition) is 2. The fourth-order valence-corrected chi connectivity index (χ4v) is 6.74. The maximum absolute atomic E-state index is 13.7. The summed E-state index contributed by atoms with van der Waals surface area (Å²) < 4.78 is 5.43. The molecule has 3 fully saturated rings. The largest absolute Gasteiger partial charge is 0.496 e. The summed E-state index contributed by atoms with van der Waals surface area (Å²) >= 11 is 6.36. The van der Waals surface area contributed by atoms with Crippen LogP contribution in [0, 0.1) is 28.1 Å². The zero-order valence-electron chi connectivity index (χ0n) is 21.5. The van der Waals surface area contributed by atoms with Gasteiger partial charge in [-0.3, -0.25) is 14.4 Å². The lowest BCUT2D eigenvalue weighted by atomic mass is 9.67. The molecule has 1 aliphatic heterocycles. The lowest BCUT2D eigenvalue weighted by Gasteiger charge is -2.37. The van der Waals surface area contributed by atoms with Crippen molar-refractivity contribution in [2.45, 2.75) is 70.9 Å². The van der Waals surface area contributed by atoms with E-state index in [1.807, 2.05) is 0 Å². The Labute approximate surface area is 221 Å². The number of Topliss-reactive ketones (excluding diaryl/α,β-unsaturated/α-hetero) is 1. The van der Waals surface area contributed by atoms with Crippen molar-refractivity contribution in [1.82, 2.24) is 15.2 Å². The van der Waals surface area contributed by atoms with Gasteiger partial charge >= 0.3 is 0 Å². The summed E-state index contributed by atoms with van der Waals surface area (Å²) in [6, 6.07) is 5.89. The summed E-state index contributed by atoms with van der Waals surface area (Å²) in [7, 11) is 1.56. The average Bonchev–Trinajstić information content (AvgIpc) is 3.52. The molecule has 1 spiro atoms. The SMILES string of the molecule is COc1ccc(Cl)c2[nH]c(C(=O)N3CC4(CCC4)CC3C(=O)NC(C#N)CC3CC(C)(C)CC3=O)cc12. The van der Waals surface area contributed by atoms with Gasteiger partial charge in [0.2, 0.25) is 5.91 Å². The Bertz CT molecular complexity index is 1310. The summed E-state index contributed by atoms with van der Waals surface area (Å²) in [5.41, 5.74) is 0.803. The van der Waals surface area contributed by atoms with Crippen LogP contribution in [-0.4, -0.2) is 53.2 Å². The van der Waals surface area contributed by atoms with Crippen molar-refractivity contribution >= 4 is 40.1 Å². The van der Waals surface area contributed by atoms with E-state index in [1.165, 1.54) is 0 Å². The summed E-state index contributed by atoms with van der Waals surface area (Å²) in [5, 5.41) is 13.8. The Hall–Kier alpha value is -3.05. The predicted molar refractivity (Wildman–Crippen MR) is 139 cm³/mol. The van der Waals surface area contributed by atoms with Crippen molar-refractivity contribution in [2.24, 2.45) is 16.7 Å². The highest BCUT2D eigenvalue weighted by Crippen LogP contribution is 2.51. The third-order valence-electron chi connectivity index (χ3n) is 8.54. The minimum atomic E-state index is -0.776. The average molecular weight is 525 g/mol. The molecule has 0 radical (unpaired) electrons. The van der Waals surface area contributed by atoms with E-state index in [1.54, 1.807) is 30.2 Å². The molecular formula is C28H33ClN4O4. The number of ether oxygens (including phenoxy) is 1. The van der Waals surface area contributed by atoms with Crippen molar-refractivity contribution in [3.8, 4) is 11.8 Å². The van der Waals surface area contributed by atoms with E-state index in [0.717, 1.165) is 19.3 Å². The van der Waals surface area contributed by atoms with Gasteiger partial charge in [-0.05, 0) is 61.1 Å². The predicted octanol–water partition coefficient (Wildman–Crippen LogP) is 4.62. The van der Waals surface area contributed by atoms with Crippen molar-refractivity contribution in [3.05, 3.63) is 28.9 Å². The number of benzene rings is 1. The van der Waals surface area contributed by atoms with E-state index in [9.17, 15) is 19.6 Å². The number of fused-ring (bicyclic) bond motifs is 1. The van der Waals surface area contributed by atoms with Crippen LogP contribution < -0.4 is 10.1 Å². The third kappa shape index (κ3) is 4.70. The molecule has 9 heteroatoms. The Balaban J connectivity index is 1.36. The Morgan fingerprint density at radius 3 is 2.68 bits per heavy atom. The number of hydrogen-bond acceptors (Lipinski definition) is 5. The molecule has 196 valence electrons. The number of likely N-dealkylation sites (tertiary alicyclic amines) is 1. The monoisotopic (exact) mass is 524 g/mol. The number of amides is 2. The molecule has 3 unspecified atom stereocenters. The second kappa shape index (κ2) is 9.36. The van der Waals surface area contributed by atoms with E-state index in [4.69, 9.17) is 16.3 Å². The molecule has 37 heavy (non-hydrogen) atoms. The molecule has 2 N–H and O–H groups in total. The number of nitrogens with one attached hydrogen (secondary N) is 2. The first-order chi connectivity index (χ1) is 17.5. The van der Waals surface area contributed by atoms with Gasteiger partial charge in [0.15, 0.2) is 0 Å². The van der Waals surface area contributed by atoms with Gasteiger partial charge < -0.3 is 19.9 Å². The number of nitriles is 1. The zero-order valence-corrected chi connectivity index (χ0v) is 22.3. The van der Waals surface area contributed by atoms with Gasteiger partial charge in [0.1, 0.15) is 29.3 Å². The molecule has 2 heterocycles. The molecule has 3 atom stereocenters. The highest BCUT2D eigenvalue weighted by Gasteiger charge is 2.52. The van der Waals surface area contributed by atoms with Crippen molar-refractivity contribution < 1.29 is 19.1 Å². The first-order valence-electron chi connectivity index (χ1n) is 12.9. The molecular weight excluding hydrogens is 492 g/mol. The number of H-pyrrole nitrogens is 1. The molecule has 3 aliphatic rings. The van der Waals surface area contributed by atoms with E-state index < -0.39 is 12.1 Å². The Kier molecular flexibility index (Phi) is 6.47. The first kappa shape index (κ1) is 25.6. The molecule has 1 saturated heterocycles. The standard InChI is InChI=1S/C28H33ClN4O4/c1-27(2)11-16(22(34)13-27)9-17(14-30)31-25(35)21-12-28(7-4-8-28)15-33(21)26(36)20-10-18-23(37-3)6-5-19(29)24(18)32-20/h5-6,10,16-17,21,32H,4,7-9,11-13,15H2,1-3H3,(H,31,35). The number of nitrogens with zero attached hydrogens (tertiary/aromatic N) is 2. The van der Waals surface area contributed by atoms with E-state index in [0.29, 0.717) is 59.6 Å². The third-order valence-corrected chi connectivity index (χ3v) is 8.85. The van der Waals surface area contributed by atoms with Crippen LogP contribution in [0.1, 0.15) is 69.3 Å². The fraction of sp³-hybridized carbons (Fsp3) is 0.571. The van der Waals surface area contributed by atoms with Crippen molar-refractivity contribution in [1.29, 1.82) is 5.26 Å². The number of carbonyl (C=O) groups excluding carboxylic acids is 3. The zero-order chi connectivity index (χ0) is 26.5. The van der Waals surface area contributed by atoms with Crippen molar-refractivity contribution in [3.63, 3.8) is 0 Å². The number of methoxy groups -OCH3 is 1. The second-order valence-electron chi connectivity index (χ2n) is 11.9. The maximum atomic E-state index is 13.7. The van der Waals surface area contributed by atoms with Gasteiger partial charge in [0.05, 0.1) is 23.7 Å². The molecule has 2 aliphatic carbocycles. The van der Waals surface area contributed by atoms with Crippen LogP contribution >= 0.6 is 11.6 Å². The van der Waals surface area contributed by atoms with Crippen LogP contribution in [0.5, 0.6) is 5.75 Å². The van der Waals surface area contributed by atoms with Crippen LogP contribution in [0.2, 0.25) is 5.02 Å². The van der Waals surface area contributed by atoms with Crippen LogP contribution in [0.3, 0.4) is 0 Å². The van der Waals surface area contributed by atoms with E-state index in [-0.39, 0.29) is 34.3 Å². The van der Waals surface area contributed by atoms with Gasteiger partial charge in [0, 0.05) is 24.3 Å². The van der Waals surface area contributed by atoms with Crippen LogP contribution in [-0.2, 0) is 9.59 Å². The lowest BCUT2D eigenvalue weighted by molar-refractivity contribution is -0.126. The van der Waals surface area contributed by atoms with E-state index >= 15 is 0 Å². The highest BCUT2D eigenvalue weighted by atomic mass is 35.5. The summed E-state index contributed by atoms with van der Waals surface area (Å²) in [6.45, 7) is 4.60. The molecule has 5 rings (SSSR count). The van der Waals surface area contributed by atoms with Gasteiger partial charge in [-0.25, -0.2) is 0 Å². The number of rotatable bonds is 6. The summed E-state index contributed by atoms with van der Waals surface area (Å²) in [5.74, 6) is -0.0919. The number of aromatic nitrogens is 1. The molecule has 0 bridgehead atoms. The first-order valence-corrected chi connectivity index (χ1v) is 13.3. The summed E-state index contributed by atoms with van der Waals surface area (Å²) in [6.07, 6.45) is 5.11. The van der Waals surface area contributed by atoms with Gasteiger partial charge in [-0.15, -0.1) is 0 Å². The molecule has 8 nitrogen and oxygen atoms in total. The Morgan fingerprint density at radius 1 is 1.32 bits per heavy atom. The smallest absolute Gasteiger partial charge is 0.271 e. The van der Waals surface area contributed by atoms with Gasteiger partial charge in [0.25, 0.3) is 5.91 Å². The molecule has 2 aromatic rings. The molecule has 1 aromatic heterocycles. The number of carbonyl (C=O) groups is 3. The number of ketones is 1. The summed E-state index contributed by atoms with van der Waals surface area (Å²) in [4.78, 5) is 44.5. The van der Waals surface area contributed by atoms with Gasteiger partial charge in [-0.2, -0.15) is 5.26 Å². The quantitative estimate of drug-likeness (QED) is 0.572. The lowest BCUT2D eigenvalue weighted by Crippen LogP contribution is -2.49. The molecule has 1 aromatic carbocycles. The van der Waals surface area contributed by atoms with E-state index in [2.05, 4.69) is 30.2 Å². The van der Waals surface area contributed by atoms with Crippen molar-refractivity contribution in [2.75, 3.05) is 13.7 Å². The minimum absolute atomic E-state index is 0.0629. The van der Waals surface area contributed by atoms with Crippen LogP contribution in [0.4, 0.5) is 0 Å². The van der Waals surface area contributed by atoms with Gasteiger partial charge in [-0.1, -0.05) is 31.9 Å². The molecule has 2 saturated carbocycles. The highest BCUT2D eigenvalue weighted by molar-refractivity contribution is 6.35. The topological polar surface area (TPSA) is 115 Å². The Morgan fingerprint density at radius 2 is 2.08 bits per heavy atom. The van der Waals surface area contributed by atoms with Crippen LogP contribution in [0.15, 0.2) is 18.2 Å². The molecule has 2 amide bonds. The normalized spacial score (nSPS) is 24.6. The second-order valence-corrected chi connectivity index (χ2v) is 12.3. The fourth-order valence-electron chi connectivity index (χ4n) is 6.53. The maximum Gasteiger partial charge on any atom is 0.271 e. The number of aromatic amines is 1. The minimum Gasteiger partial charge on any atom is -0.496 e. The number of halogens is 1.